The molecule has 1 saturated heterocycles. The van der Waals surface area contributed by atoms with Crippen molar-refractivity contribution in [1.82, 2.24) is 15.3 Å². The highest BCUT2D eigenvalue weighted by molar-refractivity contribution is 7.99. The molecule has 2 N–H and O–H groups in total. The first-order valence-corrected chi connectivity index (χ1v) is 12.3. The van der Waals surface area contributed by atoms with Crippen LogP contribution in [0.3, 0.4) is 0 Å². The van der Waals surface area contributed by atoms with Crippen molar-refractivity contribution in [1.29, 1.82) is 0 Å². The average molecular weight is 427 g/mol. The summed E-state index contributed by atoms with van der Waals surface area (Å²) in [5.41, 5.74) is 2.85. The lowest BCUT2D eigenvalue weighted by atomic mass is 9.93. The Morgan fingerprint density at radius 1 is 1.27 bits per heavy atom. The van der Waals surface area contributed by atoms with Crippen molar-refractivity contribution in [3.63, 3.8) is 0 Å². The molecule has 1 aromatic heterocycles. The molecule has 3 heterocycles. The van der Waals surface area contributed by atoms with Crippen molar-refractivity contribution in [3.8, 4) is 0 Å². The zero-order valence-corrected chi connectivity index (χ0v) is 19.3. The first kappa shape index (κ1) is 21.4. The maximum absolute atomic E-state index is 4.91. The number of nitrogens with one attached hydrogen (secondary N) is 2. The van der Waals surface area contributed by atoms with Crippen molar-refractivity contribution in [3.05, 3.63) is 29.4 Å². The van der Waals surface area contributed by atoms with Crippen LogP contribution in [0.1, 0.15) is 46.5 Å². The normalized spacial score (nSPS) is 24.4. The minimum atomic E-state index is 0.288. The van der Waals surface area contributed by atoms with E-state index >= 15 is 0 Å². The number of rotatable bonds is 6. The van der Waals surface area contributed by atoms with Gasteiger partial charge in [-0.2, -0.15) is 0 Å². The zero-order chi connectivity index (χ0) is 20.9. The third kappa shape index (κ3) is 5.43. The molecule has 3 aliphatic rings. The largest absolute Gasteiger partial charge is 0.354 e. The fourth-order valence-electron chi connectivity index (χ4n) is 4.33. The number of aromatic nitrogens is 2. The Hall–Kier alpha value is -1.86. The highest BCUT2D eigenvalue weighted by atomic mass is 32.2. The number of piperazine rings is 1. The van der Waals surface area contributed by atoms with Crippen LogP contribution in [-0.4, -0.2) is 53.8 Å². The van der Waals surface area contributed by atoms with Crippen molar-refractivity contribution < 1.29 is 0 Å². The van der Waals surface area contributed by atoms with E-state index in [1.807, 2.05) is 0 Å². The summed E-state index contributed by atoms with van der Waals surface area (Å²) in [7, 11) is 0. The zero-order valence-electron chi connectivity index (χ0n) is 18.4. The van der Waals surface area contributed by atoms with Gasteiger partial charge in [-0.1, -0.05) is 37.3 Å². The van der Waals surface area contributed by atoms with Crippen LogP contribution in [0.5, 0.6) is 0 Å². The van der Waals surface area contributed by atoms with Crippen molar-refractivity contribution in [2.75, 3.05) is 42.1 Å². The smallest absolute Gasteiger partial charge is 0.191 e. The van der Waals surface area contributed by atoms with Gasteiger partial charge in [0.2, 0.25) is 0 Å². The third-order valence-electron chi connectivity index (χ3n) is 6.03. The topological polar surface area (TPSA) is 65.4 Å². The lowest BCUT2D eigenvalue weighted by Gasteiger charge is -2.28. The summed E-state index contributed by atoms with van der Waals surface area (Å²) in [5, 5.41) is 7.72. The number of amidine groups is 1. The van der Waals surface area contributed by atoms with Crippen molar-refractivity contribution >= 4 is 29.2 Å². The number of nitrogens with zero attached hydrogens (tertiary/aromatic N) is 4. The molecule has 6 nitrogen and oxygen atoms in total. The van der Waals surface area contributed by atoms with E-state index in [2.05, 4.69) is 54.5 Å². The summed E-state index contributed by atoms with van der Waals surface area (Å²) >= 11 is 1.76. The number of thioether (sulfide) groups is 1. The predicted octanol–water partition coefficient (Wildman–Crippen LogP) is 4.27. The predicted molar refractivity (Wildman–Crippen MR) is 128 cm³/mol. The first-order valence-electron chi connectivity index (χ1n) is 11.3. The van der Waals surface area contributed by atoms with Crippen molar-refractivity contribution in [2.24, 2.45) is 10.9 Å². The molecule has 0 saturated carbocycles. The summed E-state index contributed by atoms with van der Waals surface area (Å²) < 4.78 is 0. The molecule has 0 radical (unpaired) electrons. The standard InChI is InChI=1S/C23H34N6S/c1-4-19-17(3)13-20(25-19)26-21-14-22(29-10-8-24-9-11-29)28-23(27-21)30-15-18-7-5-6-16(2)12-18/h12-14,16,19,24H,4-11,15H2,1-3H3,(H,25,26,27,28). The highest BCUT2D eigenvalue weighted by Crippen LogP contribution is 2.29. The van der Waals surface area contributed by atoms with Crippen LogP contribution in [0.25, 0.3) is 0 Å². The number of hydrogen-bond acceptors (Lipinski definition) is 7. The van der Waals surface area contributed by atoms with Crippen LogP contribution in [0.15, 0.2) is 39.5 Å². The molecular weight excluding hydrogens is 392 g/mol. The van der Waals surface area contributed by atoms with E-state index in [-0.39, 0.29) is 6.04 Å². The second-order valence-electron chi connectivity index (χ2n) is 8.57. The Kier molecular flexibility index (Phi) is 7.10. The molecule has 2 unspecified atom stereocenters. The maximum atomic E-state index is 4.91. The Morgan fingerprint density at radius 3 is 2.83 bits per heavy atom. The molecule has 4 rings (SSSR count). The van der Waals surface area contributed by atoms with Gasteiger partial charge in [0.25, 0.3) is 0 Å². The summed E-state index contributed by atoms with van der Waals surface area (Å²) in [6, 6.07) is 2.36. The lowest BCUT2D eigenvalue weighted by molar-refractivity contribution is 0.569. The van der Waals surface area contributed by atoms with E-state index < -0.39 is 0 Å². The van der Waals surface area contributed by atoms with Gasteiger partial charge < -0.3 is 15.5 Å². The number of allylic oxidation sites excluding steroid dienone is 1. The Balaban J connectivity index is 1.53. The van der Waals surface area contributed by atoms with Crippen LogP contribution in [0.4, 0.5) is 11.6 Å². The van der Waals surface area contributed by atoms with Crippen LogP contribution in [0.2, 0.25) is 0 Å². The van der Waals surface area contributed by atoms with Crippen molar-refractivity contribution in [2.45, 2.75) is 57.7 Å². The van der Waals surface area contributed by atoms with Gasteiger partial charge in [0.1, 0.15) is 17.5 Å². The number of hydrogen-bond donors (Lipinski definition) is 2. The lowest BCUT2D eigenvalue weighted by Crippen LogP contribution is -2.44. The molecule has 1 fully saturated rings. The SMILES string of the molecule is CCC1N=C(Nc2cc(N3CCNCC3)nc(SCC3=CC(C)CCC3)n2)C=C1C. The maximum Gasteiger partial charge on any atom is 0.191 e. The summed E-state index contributed by atoms with van der Waals surface area (Å²) in [5.74, 6) is 4.43. The van der Waals surface area contributed by atoms with E-state index in [1.54, 1.807) is 11.8 Å². The van der Waals surface area contributed by atoms with Gasteiger partial charge in [-0.25, -0.2) is 9.97 Å². The molecule has 0 aromatic carbocycles. The molecule has 1 aliphatic carbocycles. The van der Waals surface area contributed by atoms with E-state index in [0.717, 1.165) is 61.0 Å². The van der Waals surface area contributed by atoms with Gasteiger partial charge in [-0.15, -0.1) is 0 Å². The molecule has 2 aliphatic heterocycles. The van der Waals surface area contributed by atoms with Gasteiger partial charge in [0.15, 0.2) is 5.16 Å². The van der Waals surface area contributed by atoms with Gasteiger partial charge >= 0.3 is 0 Å². The molecule has 7 heteroatoms. The highest BCUT2D eigenvalue weighted by Gasteiger charge is 2.19. The summed E-state index contributed by atoms with van der Waals surface area (Å²) in [6.45, 7) is 10.6. The minimum absolute atomic E-state index is 0.288. The quantitative estimate of drug-likeness (QED) is 0.402. The van der Waals surface area contributed by atoms with Crippen LogP contribution in [-0.2, 0) is 0 Å². The first-order chi connectivity index (χ1) is 14.6. The number of anilines is 2. The molecule has 0 bridgehead atoms. The second-order valence-corrected chi connectivity index (χ2v) is 9.51. The van der Waals surface area contributed by atoms with Gasteiger partial charge in [-0.3, -0.25) is 4.99 Å². The Morgan fingerprint density at radius 2 is 2.10 bits per heavy atom. The van der Waals surface area contributed by atoms with Gasteiger partial charge in [0.05, 0.1) is 6.04 Å². The Labute approximate surface area is 184 Å². The molecular formula is C23H34N6S. The molecule has 0 amide bonds. The van der Waals surface area contributed by atoms with E-state index in [4.69, 9.17) is 15.0 Å². The van der Waals surface area contributed by atoms with Gasteiger partial charge in [-0.05, 0) is 50.2 Å². The molecule has 2 atom stereocenters. The minimum Gasteiger partial charge on any atom is -0.354 e. The fourth-order valence-corrected chi connectivity index (χ4v) is 5.20. The Bertz CT molecular complexity index is 840. The van der Waals surface area contributed by atoms with E-state index in [9.17, 15) is 0 Å². The van der Waals surface area contributed by atoms with Crippen LogP contribution in [0, 0.1) is 5.92 Å². The van der Waals surface area contributed by atoms with Gasteiger partial charge in [0, 0.05) is 38.0 Å². The monoisotopic (exact) mass is 426 g/mol. The summed E-state index contributed by atoms with van der Waals surface area (Å²) in [4.78, 5) is 16.9. The van der Waals surface area contributed by atoms with E-state index in [1.165, 1.54) is 30.4 Å². The molecule has 162 valence electrons. The second kappa shape index (κ2) is 9.96. The molecule has 30 heavy (non-hydrogen) atoms. The average Bonchev–Trinajstić information content (AvgIpc) is 3.12. The fraction of sp³-hybridized carbons (Fsp3) is 0.609. The molecule has 1 aromatic rings. The van der Waals surface area contributed by atoms with E-state index in [0.29, 0.717) is 5.92 Å². The summed E-state index contributed by atoms with van der Waals surface area (Å²) in [6.07, 6.45) is 9.43. The number of aliphatic imine (C=N–C) groups is 1. The molecule has 0 spiro atoms. The van der Waals surface area contributed by atoms with Crippen LogP contribution < -0.4 is 15.5 Å². The third-order valence-corrected chi connectivity index (χ3v) is 6.98. The van der Waals surface area contributed by atoms with Crippen LogP contribution >= 0.6 is 11.8 Å².